The van der Waals surface area contributed by atoms with Crippen molar-refractivity contribution >= 4 is 11.9 Å². The Labute approximate surface area is 137 Å². The van der Waals surface area contributed by atoms with Crippen molar-refractivity contribution in [1.82, 2.24) is 5.32 Å². The Bertz CT molecular complexity index is 493. The van der Waals surface area contributed by atoms with Crippen LogP contribution in [0.25, 0.3) is 0 Å². The molecular weight excluding hydrogens is 294 g/mol. The minimum absolute atomic E-state index is 0.0154. The van der Waals surface area contributed by atoms with Crippen LogP contribution in [0.15, 0.2) is 0 Å². The van der Waals surface area contributed by atoms with Crippen LogP contribution in [0, 0.1) is 23.2 Å². The molecule has 3 unspecified atom stereocenters. The third kappa shape index (κ3) is 2.31. The molecule has 1 amide bonds. The Morgan fingerprint density at radius 3 is 2.39 bits per heavy atom. The van der Waals surface area contributed by atoms with Gasteiger partial charge in [-0.3, -0.25) is 9.59 Å². The Hall–Kier alpha value is -1.10. The lowest BCUT2D eigenvalue weighted by Gasteiger charge is -2.63. The number of hydrogen-bond donors (Lipinski definition) is 1. The fraction of sp³-hybridized carbons (Fsp3) is 0.889. The monoisotopic (exact) mass is 321 g/mol. The van der Waals surface area contributed by atoms with Crippen LogP contribution in [0.3, 0.4) is 0 Å². The van der Waals surface area contributed by atoms with Crippen molar-refractivity contribution in [3.8, 4) is 0 Å². The van der Waals surface area contributed by atoms with Crippen molar-refractivity contribution < 1.29 is 19.1 Å². The molecule has 0 aromatic rings. The fourth-order valence-corrected chi connectivity index (χ4v) is 5.48. The van der Waals surface area contributed by atoms with E-state index in [1.807, 2.05) is 0 Å². The zero-order valence-corrected chi connectivity index (χ0v) is 13.9. The van der Waals surface area contributed by atoms with E-state index in [-0.39, 0.29) is 29.1 Å². The Balaban J connectivity index is 1.33. The summed E-state index contributed by atoms with van der Waals surface area (Å²) in [6.07, 6.45) is 8.31. The van der Waals surface area contributed by atoms with Crippen molar-refractivity contribution in [3.63, 3.8) is 0 Å². The summed E-state index contributed by atoms with van der Waals surface area (Å²) >= 11 is 0. The van der Waals surface area contributed by atoms with Crippen LogP contribution >= 0.6 is 0 Å². The summed E-state index contributed by atoms with van der Waals surface area (Å²) in [6.45, 7) is 0.855. The van der Waals surface area contributed by atoms with E-state index in [1.54, 1.807) is 0 Å². The van der Waals surface area contributed by atoms with Crippen LogP contribution in [0.4, 0.5) is 0 Å². The normalized spacial score (nSPS) is 40.7. The third-order valence-electron chi connectivity index (χ3n) is 6.97. The number of nitrogens with one attached hydrogen (secondary N) is 1. The lowest BCUT2D eigenvalue weighted by atomic mass is 9.46. The van der Waals surface area contributed by atoms with Crippen LogP contribution in [-0.2, 0) is 19.1 Å². The molecule has 4 aliphatic rings. The molecule has 4 rings (SSSR count). The van der Waals surface area contributed by atoms with Gasteiger partial charge in [-0.15, -0.1) is 0 Å². The summed E-state index contributed by atoms with van der Waals surface area (Å²) in [5.41, 5.74) is 0.250. The van der Waals surface area contributed by atoms with Gasteiger partial charge in [-0.25, -0.2) is 0 Å². The molecule has 0 aromatic heterocycles. The van der Waals surface area contributed by atoms with E-state index in [2.05, 4.69) is 5.32 Å². The first-order chi connectivity index (χ1) is 11.2. The number of fused-ring (bicyclic) bond motifs is 2. The second-order valence-electron chi connectivity index (χ2n) is 7.89. The van der Waals surface area contributed by atoms with E-state index in [0.29, 0.717) is 18.1 Å². The van der Waals surface area contributed by atoms with Gasteiger partial charge in [-0.2, -0.15) is 0 Å². The standard InChI is InChI=1S/C18H27NO4/c1-22-17(21)12-5-3-11(4-6-12)16(20)19-14-13-7-10-23-15(13)18(14)8-2-9-18/h11-15H,2-10H2,1H3,(H,19,20). The first-order valence-corrected chi connectivity index (χ1v) is 9.15. The average molecular weight is 321 g/mol. The van der Waals surface area contributed by atoms with Gasteiger partial charge >= 0.3 is 5.97 Å². The molecule has 1 aliphatic heterocycles. The summed E-state index contributed by atoms with van der Waals surface area (Å²) in [5.74, 6) is 0.663. The summed E-state index contributed by atoms with van der Waals surface area (Å²) < 4.78 is 10.7. The number of hydrogen-bond acceptors (Lipinski definition) is 4. The number of carbonyl (C=O) groups excluding carboxylic acids is 2. The number of amides is 1. The molecule has 4 fully saturated rings. The SMILES string of the molecule is COC(=O)C1CCC(C(=O)NC2C3CCOC3C23CCC3)CC1. The van der Waals surface area contributed by atoms with Gasteiger partial charge in [-0.05, 0) is 44.9 Å². The van der Waals surface area contributed by atoms with E-state index < -0.39 is 0 Å². The number of carbonyl (C=O) groups is 2. The van der Waals surface area contributed by atoms with E-state index in [4.69, 9.17) is 9.47 Å². The van der Waals surface area contributed by atoms with Crippen molar-refractivity contribution in [3.05, 3.63) is 0 Å². The molecule has 0 bridgehead atoms. The van der Waals surface area contributed by atoms with Crippen LogP contribution in [0.2, 0.25) is 0 Å². The van der Waals surface area contributed by atoms with Crippen LogP contribution in [0.1, 0.15) is 51.4 Å². The molecule has 23 heavy (non-hydrogen) atoms. The van der Waals surface area contributed by atoms with E-state index >= 15 is 0 Å². The molecule has 3 aliphatic carbocycles. The maximum absolute atomic E-state index is 12.7. The molecule has 1 spiro atoms. The number of rotatable bonds is 3. The van der Waals surface area contributed by atoms with Gasteiger partial charge < -0.3 is 14.8 Å². The van der Waals surface area contributed by atoms with E-state index in [9.17, 15) is 9.59 Å². The lowest BCUT2D eigenvalue weighted by Crippen LogP contribution is -2.72. The predicted molar refractivity (Wildman–Crippen MR) is 83.5 cm³/mol. The van der Waals surface area contributed by atoms with Gasteiger partial charge in [0.05, 0.1) is 19.1 Å². The van der Waals surface area contributed by atoms with E-state index in [1.165, 1.54) is 26.4 Å². The summed E-state index contributed by atoms with van der Waals surface area (Å²) in [7, 11) is 1.44. The molecule has 5 heteroatoms. The smallest absolute Gasteiger partial charge is 0.308 e. The van der Waals surface area contributed by atoms with Crippen LogP contribution < -0.4 is 5.32 Å². The van der Waals surface area contributed by atoms with Crippen molar-refractivity contribution in [1.29, 1.82) is 0 Å². The molecule has 0 radical (unpaired) electrons. The summed E-state index contributed by atoms with van der Waals surface area (Å²) in [4.78, 5) is 24.3. The maximum atomic E-state index is 12.7. The van der Waals surface area contributed by atoms with Gasteiger partial charge in [0, 0.05) is 29.9 Å². The lowest BCUT2D eigenvalue weighted by molar-refractivity contribution is -0.180. The largest absolute Gasteiger partial charge is 0.469 e. The number of methoxy groups -OCH3 is 1. The molecule has 0 aromatic carbocycles. The fourth-order valence-electron chi connectivity index (χ4n) is 5.48. The summed E-state index contributed by atoms with van der Waals surface area (Å²) in [5, 5.41) is 3.37. The van der Waals surface area contributed by atoms with Gasteiger partial charge in [0.1, 0.15) is 0 Å². The molecule has 1 N–H and O–H groups in total. The molecule has 3 atom stereocenters. The third-order valence-corrected chi connectivity index (χ3v) is 6.97. The highest BCUT2D eigenvalue weighted by Crippen LogP contribution is 2.62. The van der Waals surface area contributed by atoms with Gasteiger partial charge in [0.2, 0.25) is 5.91 Å². The minimum atomic E-state index is -0.123. The quantitative estimate of drug-likeness (QED) is 0.808. The second-order valence-corrected chi connectivity index (χ2v) is 7.89. The van der Waals surface area contributed by atoms with E-state index in [0.717, 1.165) is 38.7 Å². The topological polar surface area (TPSA) is 64.6 Å². The Morgan fingerprint density at radius 2 is 1.78 bits per heavy atom. The highest BCUT2D eigenvalue weighted by atomic mass is 16.5. The van der Waals surface area contributed by atoms with Gasteiger partial charge in [0.15, 0.2) is 0 Å². The first kappa shape index (κ1) is 15.4. The van der Waals surface area contributed by atoms with Crippen molar-refractivity contribution in [2.24, 2.45) is 23.2 Å². The number of ether oxygens (including phenoxy) is 2. The van der Waals surface area contributed by atoms with Crippen molar-refractivity contribution in [2.75, 3.05) is 13.7 Å². The Kier molecular flexibility index (Phi) is 3.87. The highest BCUT2D eigenvalue weighted by Gasteiger charge is 2.67. The molecule has 3 saturated carbocycles. The van der Waals surface area contributed by atoms with Gasteiger partial charge in [-0.1, -0.05) is 6.42 Å². The summed E-state index contributed by atoms with van der Waals surface area (Å²) in [6, 6.07) is 0.328. The zero-order chi connectivity index (χ0) is 16.0. The minimum Gasteiger partial charge on any atom is -0.469 e. The van der Waals surface area contributed by atoms with Crippen LogP contribution in [-0.4, -0.2) is 37.7 Å². The maximum Gasteiger partial charge on any atom is 0.308 e. The molecule has 128 valence electrons. The molecule has 5 nitrogen and oxygen atoms in total. The number of esters is 1. The average Bonchev–Trinajstić information content (AvgIpc) is 2.95. The predicted octanol–water partition coefficient (Wildman–Crippen LogP) is 2.04. The zero-order valence-electron chi connectivity index (χ0n) is 13.9. The van der Waals surface area contributed by atoms with Crippen molar-refractivity contribution in [2.45, 2.75) is 63.5 Å². The molecule has 1 saturated heterocycles. The van der Waals surface area contributed by atoms with Gasteiger partial charge in [0.25, 0.3) is 0 Å². The highest BCUT2D eigenvalue weighted by molar-refractivity contribution is 5.80. The van der Waals surface area contributed by atoms with Crippen LogP contribution in [0.5, 0.6) is 0 Å². The first-order valence-electron chi connectivity index (χ1n) is 9.15. The second kappa shape index (κ2) is 5.76. The Morgan fingerprint density at radius 1 is 1.09 bits per heavy atom. The molecular formula is C18H27NO4. The molecule has 1 heterocycles.